The molecule has 4 aromatic rings. The zero-order chi connectivity index (χ0) is 24.8. The lowest BCUT2D eigenvalue weighted by Gasteiger charge is -2.26. The number of hydrogen-bond donors (Lipinski definition) is 0. The van der Waals surface area contributed by atoms with Gasteiger partial charge in [0, 0.05) is 21.7 Å². The average molecular weight is 563 g/mol. The predicted octanol–water partition coefficient (Wildman–Crippen LogP) is 3.68. The van der Waals surface area contributed by atoms with Gasteiger partial charge in [-0.3, -0.25) is 14.2 Å². The van der Waals surface area contributed by atoms with Gasteiger partial charge in [-0.25, -0.2) is 4.99 Å². The van der Waals surface area contributed by atoms with E-state index in [9.17, 15) is 9.59 Å². The van der Waals surface area contributed by atoms with Gasteiger partial charge in [0.05, 0.1) is 11.6 Å². The van der Waals surface area contributed by atoms with Crippen molar-refractivity contribution in [2.24, 2.45) is 10.9 Å². The van der Waals surface area contributed by atoms with Crippen LogP contribution in [0.5, 0.6) is 5.75 Å². The summed E-state index contributed by atoms with van der Waals surface area (Å²) in [5.74, 6) is 0.962. The number of benzene rings is 2. The van der Waals surface area contributed by atoms with Gasteiger partial charge in [0.25, 0.3) is 5.56 Å². The number of aromatic nitrogens is 1. The summed E-state index contributed by atoms with van der Waals surface area (Å²) in [5.41, 5.74) is -0.203. The van der Waals surface area contributed by atoms with E-state index < -0.39 is 23.1 Å². The van der Waals surface area contributed by atoms with Gasteiger partial charge in [-0.05, 0) is 37.3 Å². The molecular formula is C27H19BrN2O5S. The van der Waals surface area contributed by atoms with Gasteiger partial charge >= 0.3 is 5.97 Å². The van der Waals surface area contributed by atoms with Crippen molar-refractivity contribution in [3.63, 3.8) is 0 Å². The smallest absolute Gasteiger partial charge is 0.315 e. The van der Waals surface area contributed by atoms with Crippen LogP contribution in [0.15, 0.2) is 79.3 Å². The number of thiazole rings is 1. The molecule has 0 amide bonds. The number of nitrogens with zero attached hydrogens (tertiary/aromatic N) is 2. The number of ether oxygens (including phenoxy) is 2. The molecule has 36 heavy (non-hydrogen) atoms. The third-order valence-electron chi connectivity index (χ3n) is 7.49. The van der Waals surface area contributed by atoms with Gasteiger partial charge in [-0.2, -0.15) is 0 Å². The molecule has 0 bridgehead atoms. The maximum absolute atomic E-state index is 13.8. The first-order valence-corrected chi connectivity index (χ1v) is 13.0. The summed E-state index contributed by atoms with van der Waals surface area (Å²) in [4.78, 5) is 32.0. The summed E-state index contributed by atoms with van der Waals surface area (Å²) in [6.07, 6.45) is 1.75. The number of carbonyl (C=O) groups is 1. The van der Waals surface area contributed by atoms with Gasteiger partial charge in [-0.15, -0.1) is 0 Å². The lowest BCUT2D eigenvalue weighted by molar-refractivity contribution is -0.144. The number of para-hydroxylation sites is 1. The summed E-state index contributed by atoms with van der Waals surface area (Å²) in [7, 11) is 1.37. The molecule has 1 saturated carbocycles. The number of esters is 1. The quantitative estimate of drug-likeness (QED) is 0.356. The Labute approximate surface area is 217 Å². The van der Waals surface area contributed by atoms with E-state index in [1.165, 1.54) is 18.4 Å². The highest BCUT2D eigenvalue weighted by Gasteiger charge is 2.88. The maximum atomic E-state index is 13.8. The van der Waals surface area contributed by atoms with Gasteiger partial charge in [0.15, 0.2) is 10.4 Å². The first-order valence-electron chi connectivity index (χ1n) is 11.4. The fraction of sp³-hybridized carbons (Fsp3) is 0.222. The van der Waals surface area contributed by atoms with Crippen LogP contribution in [0, 0.1) is 5.92 Å². The molecule has 1 spiro atoms. The second-order valence-electron chi connectivity index (χ2n) is 9.33. The minimum atomic E-state index is -0.988. The van der Waals surface area contributed by atoms with Crippen molar-refractivity contribution in [3.8, 4) is 17.1 Å². The number of rotatable bonds is 3. The van der Waals surface area contributed by atoms with E-state index in [4.69, 9.17) is 18.9 Å². The molecule has 0 N–H and O–H groups in total. The fourth-order valence-electron chi connectivity index (χ4n) is 5.79. The molecule has 2 aliphatic heterocycles. The van der Waals surface area contributed by atoms with Crippen molar-refractivity contribution in [3.05, 3.63) is 96.1 Å². The molecule has 3 aliphatic rings. The third-order valence-corrected chi connectivity index (χ3v) is 9.00. The molecule has 1 aliphatic carbocycles. The highest BCUT2D eigenvalue weighted by Crippen LogP contribution is 2.70. The summed E-state index contributed by atoms with van der Waals surface area (Å²) in [6.45, 7) is 1.90. The van der Waals surface area contributed by atoms with Crippen LogP contribution in [-0.2, 0) is 9.53 Å². The van der Waals surface area contributed by atoms with E-state index in [0.717, 1.165) is 15.6 Å². The molecule has 180 valence electrons. The number of methoxy groups -OCH3 is 1. The van der Waals surface area contributed by atoms with Crippen LogP contribution in [0.25, 0.3) is 17.4 Å². The van der Waals surface area contributed by atoms with Crippen molar-refractivity contribution in [1.29, 1.82) is 0 Å². The molecule has 4 unspecified atom stereocenters. The molecule has 0 saturated heterocycles. The van der Waals surface area contributed by atoms with E-state index in [0.29, 0.717) is 26.6 Å². The van der Waals surface area contributed by atoms with Gasteiger partial charge in [0.2, 0.25) is 0 Å². The normalized spacial score (nSPS) is 27.2. The summed E-state index contributed by atoms with van der Waals surface area (Å²) >= 11 is 4.73. The predicted molar refractivity (Wildman–Crippen MR) is 137 cm³/mol. The van der Waals surface area contributed by atoms with Crippen LogP contribution in [0.4, 0.5) is 0 Å². The number of halogens is 1. The molecule has 2 aromatic carbocycles. The van der Waals surface area contributed by atoms with Crippen LogP contribution in [0.2, 0.25) is 0 Å². The van der Waals surface area contributed by atoms with Crippen LogP contribution in [0.1, 0.15) is 24.3 Å². The topological polar surface area (TPSA) is 83.0 Å². The number of fused-ring (bicyclic) bond motifs is 4. The van der Waals surface area contributed by atoms with Crippen LogP contribution in [-0.4, -0.2) is 28.8 Å². The standard InChI is InChI=1S/C27H19BrN2O5S/c1-26-21(24(32)33-2)27(26)22(17-5-3-4-6-19(17)35-27)30-23(31)20(36-25(30)29-26)13-16-11-12-18(34-16)14-7-9-15(28)10-8-14/h3-13,21-22H,1-2H3. The number of furan rings is 1. The first kappa shape index (κ1) is 21.8. The SMILES string of the molecule is COC(=O)C1C2(C)N=c3sc(=Cc4ccc(-c5ccc(Br)cc5)o4)c(=O)n3C3c4ccccc4OC312. The Balaban J connectivity index is 1.38. The van der Waals surface area contributed by atoms with Gasteiger partial charge in [-0.1, -0.05) is 57.6 Å². The van der Waals surface area contributed by atoms with Gasteiger partial charge < -0.3 is 13.9 Å². The monoisotopic (exact) mass is 562 g/mol. The molecule has 7 nitrogen and oxygen atoms in total. The largest absolute Gasteiger partial charge is 0.481 e. The Morgan fingerprint density at radius 2 is 1.94 bits per heavy atom. The zero-order valence-electron chi connectivity index (χ0n) is 19.2. The summed E-state index contributed by atoms with van der Waals surface area (Å²) in [5, 5.41) is 0. The molecule has 7 rings (SSSR count). The van der Waals surface area contributed by atoms with Crippen LogP contribution in [0.3, 0.4) is 0 Å². The zero-order valence-corrected chi connectivity index (χ0v) is 21.6. The second-order valence-corrected chi connectivity index (χ2v) is 11.3. The highest BCUT2D eigenvalue weighted by molar-refractivity contribution is 9.10. The molecule has 9 heteroatoms. The van der Waals surface area contributed by atoms with Crippen molar-refractivity contribution in [1.82, 2.24) is 4.57 Å². The number of hydrogen-bond acceptors (Lipinski definition) is 7. The van der Waals surface area contributed by atoms with E-state index in [1.807, 2.05) is 67.6 Å². The van der Waals surface area contributed by atoms with Crippen molar-refractivity contribution < 1.29 is 18.7 Å². The Bertz CT molecular complexity index is 1750. The molecule has 4 atom stereocenters. The Morgan fingerprint density at radius 1 is 1.17 bits per heavy atom. The minimum absolute atomic E-state index is 0.192. The van der Waals surface area contributed by atoms with E-state index >= 15 is 0 Å². The van der Waals surface area contributed by atoms with Crippen LogP contribution < -0.4 is 19.6 Å². The molecule has 4 heterocycles. The lowest BCUT2D eigenvalue weighted by atomic mass is 9.97. The lowest BCUT2D eigenvalue weighted by Crippen LogP contribution is -2.47. The van der Waals surface area contributed by atoms with E-state index in [1.54, 1.807) is 10.6 Å². The third kappa shape index (κ3) is 2.70. The molecule has 1 fully saturated rings. The van der Waals surface area contributed by atoms with Gasteiger partial charge in [0.1, 0.15) is 34.8 Å². The molecule has 0 radical (unpaired) electrons. The molecular weight excluding hydrogens is 544 g/mol. The Hall–Kier alpha value is -3.43. The van der Waals surface area contributed by atoms with E-state index in [2.05, 4.69) is 15.9 Å². The summed E-state index contributed by atoms with van der Waals surface area (Å²) < 4.78 is 20.7. The van der Waals surface area contributed by atoms with Crippen LogP contribution >= 0.6 is 27.3 Å². The van der Waals surface area contributed by atoms with E-state index in [-0.39, 0.29) is 11.5 Å². The Kier molecular flexibility index (Phi) is 4.43. The Morgan fingerprint density at radius 3 is 2.72 bits per heavy atom. The van der Waals surface area contributed by atoms with Crippen molar-refractivity contribution >= 4 is 39.3 Å². The minimum Gasteiger partial charge on any atom is -0.481 e. The number of carbonyl (C=O) groups excluding carboxylic acids is 1. The second kappa shape index (κ2) is 7.30. The summed E-state index contributed by atoms with van der Waals surface area (Å²) in [6, 6.07) is 18.7. The fourth-order valence-corrected chi connectivity index (χ4v) is 7.13. The first-order chi connectivity index (χ1) is 17.4. The van der Waals surface area contributed by atoms with Crippen molar-refractivity contribution in [2.45, 2.75) is 24.1 Å². The van der Waals surface area contributed by atoms with Crippen molar-refractivity contribution in [2.75, 3.05) is 7.11 Å². The maximum Gasteiger partial charge on any atom is 0.315 e. The highest BCUT2D eigenvalue weighted by atomic mass is 79.9. The molecule has 2 aromatic heterocycles. The average Bonchev–Trinajstić information content (AvgIpc) is 3.28.